The standard InChI is InChI=1S/C20H22ClN3O3/c1-20(2,3)14-9-12(5-4-6-18(25)26)10-17(19(14)27)24-22-15-8-7-13(21)11-16(15)23-24/h7-11,27H,4-6H2,1-3H3,(H,25,26)/p-1. The van der Waals surface area contributed by atoms with Crippen molar-refractivity contribution >= 4 is 28.6 Å². The number of hydrogen-bond acceptors (Lipinski definition) is 5. The summed E-state index contributed by atoms with van der Waals surface area (Å²) in [6.07, 6.45) is 1.00. The Labute approximate surface area is 162 Å². The van der Waals surface area contributed by atoms with Gasteiger partial charge in [-0.3, -0.25) is 0 Å². The van der Waals surface area contributed by atoms with Crippen LogP contribution < -0.4 is 5.11 Å². The first-order chi connectivity index (χ1) is 12.6. The van der Waals surface area contributed by atoms with Gasteiger partial charge >= 0.3 is 0 Å². The van der Waals surface area contributed by atoms with Crippen LogP contribution in [0.25, 0.3) is 16.7 Å². The zero-order chi connectivity index (χ0) is 19.8. The van der Waals surface area contributed by atoms with Crippen molar-refractivity contribution in [2.45, 2.75) is 45.4 Å². The molecular formula is C20H21ClN3O3-. The third kappa shape index (κ3) is 4.22. The van der Waals surface area contributed by atoms with Gasteiger partial charge in [0.2, 0.25) is 0 Å². The Balaban J connectivity index is 2.09. The number of phenols is 1. The predicted octanol–water partition coefficient (Wildman–Crippen LogP) is 3.15. The Morgan fingerprint density at radius 2 is 1.89 bits per heavy atom. The molecular weight excluding hydrogens is 366 g/mol. The number of carbonyl (C=O) groups is 1. The van der Waals surface area contributed by atoms with Crippen molar-refractivity contribution < 1.29 is 15.0 Å². The first-order valence-electron chi connectivity index (χ1n) is 8.74. The van der Waals surface area contributed by atoms with Crippen molar-refractivity contribution in [2.75, 3.05) is 0 Å². The molecule has 0 spiro atoms. The van der Waals surface area contributed by atoms with Crippen molar-refractivity contribution in [1.82, 2.24) is 15.0 Å². The van der Waals surface area contributed by atoms with E-state index < -0.39 is 5.97 Å². The topological polar surface area (TPSA) is 91.1 Å². The lowest BCUT2D eigenvalue weighted by molar-refractivity contribution is -0.305. The summed E-state index contributed by atoms with van der Waals surface area (Å²) in [6.45, 7) is 6.01. The van der Waals surface area contributed by atoms with E-state index in [0.717, 1.165) is 11.1 Å². The predicted molar refractivity (Wildman–Crippen MR) is 102 cm³/mol. The van der Waals surface area contributed by atoms with Crippen LogP contribution in [0.15, 0.2) is 30.3 Å². The molecule has 1 N–H and O–H groups in total. The number of halogens is 1. The highest BCUT2D eigenvalue weighted by Gasteiger charge is 2.23. The summed E-state index contributed by atoms with van der Waals surface area (Å²) in [4.78, 5) is 12.1. The number of aryl methyl sites for hydroxylation is 1. The molecule has 0 atom stereocenters. The second kappa shape index (κ2) is 7.19. The zero-order valence-corrected chi connectivity index (χ0v) is 16.2. The third-order valence-electron chi connectivity index (χ3n) is 4.36. The molecule has 0 aliphatic heterocycles. The number of phenolic OH excluding ortho intramolecular Hbond substituents is 1. The van der Waals surface area contributed by atoms with Gasteiger partial charge in [0.05, 0.1) is 0 Å². The van der Waals surface area contributed by atoms with Gasteiger partial charge in [-0.25, -0.2) is 0 Å². The van der Waals surface area contributed by atoms with E-state index in [9.17, 15) is 15.0 Å². The minimum Gasteiger partial charge on any atom is -0.550 e. The molecule has 0 saturated carbocycles. The van der Waals surface area contributed by atoms with Gasteiger partial charge in [0.25, 0.3) is 0 Å². The van der Waals surface area contributed by atoms with Crippen LogP contribution in [0.4, 0.5) is 0 Å². The van der Waals surface area contributed by atoms with Crippen LogP contribution in [0.5, 0.6) is 5.75 Å². The van der Waals surface area contributed by atoms with Crippen LogP contribution in [0.3, 0.4) is 0 Å². The highest BCUT2D eigenvalue weighted by atomic mass is 35.5. The molecule has 0 aliphatic carbocycles. The summed E-state index contributed by atoms with van der Waals surface area (Å²) in [5.74, 6) is -0.959. The second-order valence-electron chi connectivity index (χ2n) is 7.61. The van der Waals surface area contributed by atoms with Gasteiger partial charge in [0.1, 0.15) is 22.5 Å². The number of benzene rings is 2. The van der Waals surface area contributed by atoms with Gasteiger partial charge in [-0.1, -0.05) is 38.4 Å². The molecule has 6 nitrogen and oxygen atoms in total. The van der Waals surface area contributed by atoms with Crippen molar-refractivity contribution in [3.8, 4) is 11.4 Å². The van der Waals surface area contributed by atoms with E-state index >= 15 is 0 Å². The van der Waals surface area contributed by atoms with Gasteiger partial charge in [0.15, 0.2) is 0 Å². The lowest BCUT2D eigenvalue weighted by atomic mass is 9.84. The van der Waals surface area contributed by atoms with Gasteiger partial charge in [0, 0.05) is 16.6 Å². The Morgan fingerprint density at radius 1 is 1.19 bits per heavy atom. The molecule has 0 aliphatic rings. The fraction of sp³-hybridized carbons (Fsp3) is 0.350. The number of carboxylic acid groups (broad SMARTS) is 1. The minimum absolute atomic E-state index is 0.0105. The van der Waals surface area contributed by atoms with E-state index in [1.807, 2.05) is 26.8 Å². The highest BCUT2D eigenvalue weighted by molar-refractivity contribution is 6.31. The molecule has 7 heteroatoms. The van der Waals surface area contributed by atoms with Crippen LogP contribution in [-0.2, 0) is 16.6 Å². The minimum atomic E-state index is -1.07. The van der Waals surface area contributed by atoms with Crippen molar-refractivity contribution in [2.24, 2.45) is 0 Å². The van der Waals surface area contributed by atoms with Crippen molar-refractivity contribution in [3.05, 3.63) is 46.5 Å². The van der Waals surface area contributed by atoms with Crippen molar-refractivity contribution in [1.29, 1.82) is 0 Å². The third-order valence-corrected chi connectivity index (χ3v) is 4.60. The molecule has 1 aromatic heterocycles. The maximum atomic E-state index is 10.9. The number of hydrogen-bond donors (Lipinski definition) is 1. The number of fused-ring (bicyclic) bond motifs is 1. The number of carboxylic acids is 1. The van der Waals surface area contributed by atoms with Crippen LogP contribution in [-0.4, -0.2) is 26.1 Å². The summed E-state index contributed by atoms with van der Waals surface area (Å²) in [7, 11) is 0. The number of aliphatic carboxylic acids is 1. The number of rotatable bonds is 5. The van der Waals surface area contributed by atoms with Gasteiger partial charge in [-0.15, -0.1) is 15.0 Å². The molecule has 2 aromatic carbocycles. The number of aromatic hydroxyl groups is 1. The smallest absolute Gasteiger partial charge is 0.146 e. The first-order valence-corrected chi connectivity index (χ1v) is 9.12. The van der Waals surface area contributed by atoms with E-state index in [0.29, 0.717) is 34.6 Å². The molecule has 0 fully saturated rings. The summed E-state index contributed by atoms with van der Waals surface area (Å²) in [5.41, 5.74) is 3.11. The second-order valence-corrected chi connectivity index (χ2v) is 8.05. The maximum Gasteiger partial charge on any atom is 0.146 e. The van der Waals surface area contributed by atoms with Gasteiger partial charge in [-0.2, -0.15) is 0 Å². The zero-order valence-electron chi connectivity index (χ0n) is 15.5. The quantitative estimate of drug-likeness (QED) is 0.727. The normalized spacial score (nSPS) is 11.9. The van der Waals surface area contributed by atoms with Crippen LogP contribution in [0.1, 0.15) is 44.7 Å². The highest BCUT2D eigenvalue weighted by Crippen LogP contribution is 2.36. The molecule has 0 saturated heterocycles. The Morgan fingerprint density at radius 3 is 2.56 bits per heavy atom. The molecule has 142 valence electrons. The summed E-state index contributed by atoms with van der Waals surface area (Å²) in [6, 6.07) is 8.92. The Kier molecular flexibility index (Phi) is 5.11. The largest absolute Gasteiger partial charge is 0.550 e. The molecule has 0 amide bonds. The summed E-state index contributed by atoms with van der Waals surface area (Å²) >= 11 is 6.02. The number of aromatic nitrogens is 3. The van der Waals surface area contributed by atoms with E-state index in [1.165, 1.54) is 4.80 Å². The van der Waals surface area contributed by atoms with Crippen LogP contribution in [0.2, 0.25) is 5.02 Å². The van der Waals surface area contributed by atoms with Crippen LogP contribution >= 0.6 is 11.6 Å². The maximum absolute atomic E-state index is 10.9. The molecule has 0 unspecified atom stereocenters. The first kappa shape index (κ1) is 19.2. The lowest BCUT2D eigenvalue weighted by Gasteiger charge is -2.23. The molecule has 0 radical (unpaired) electrons. The van der Waals surface area contributed by atoms with E-state index in [1.54, 1.807) is 24.3 Å². The summed E-state index contributed by atoms with van der Waals surface area (Å²) < 4.78 is 0. The van der Waals surface area contributed by atoms with Gasteiger partial charge < -0.3 is 15.0 Å². The van der Waals surface area contributed by atoms with Crippen LogP contribution in [0, 0.1) is 0 Å². The average Bonchev–Trinajstić information content (AvgIpc) is 2.97. The average molecular weight is 387 g/mol. The molecule has 1 heterocycles. The van der Waals surface area contributed by atoms with E-state index in [4.69, 9.17) is 11.6 Å². The fourth-order valence-electron chi connectivity index (χ4n) is 2.98. The Bertz CT molecular complexity index is 1010. The lowest BCUT2D eigenvalue weighted by Crippen LogP contribution is -2.21. The Hall–Kier alpha value is -2.60. The van der Waals surface area contributed by atoms with E-state index in [-0.39, 0.29) is 17.6 Å². The summed E-state index contributed by atoms with van der Waals surface area (Å²) in [5, 5.41) is 31.0. The molecule has 3 aromatic rings. The SMILES string of the molecule is CC(C)(C)c1cc(CCCC(=O)[O-])cc(-n2nc3ccc(Cl)cc3n2)c1O. The number of nitrogens with zero attached hydrogens (tertiary/aromatic N) is 3. The number of carbonyl (C=O) groups excluding carboxylic acids is 1. The van der Waals surface area contributed by atoms with Gasteiger partial charge in [-0.05, 0) is 54.5 Å². The molecule has 0 bridgehead atoms. The molecule has 27 heavy (non-hydrogen) atoms. The van der Waals surface area contributed by atoms with Crippen molar-refractivity contribution in [3.63, 3.8) is 0 Å². The monoisotopic (exact) mass is 386 g/mol. The molecule has 3 rings (SSSR count). The van der Waals surface area contributed by atoms with E-state index in [2.05, 4.69) is 10.2 Å². The fourth-order valence-corrected chi connectivity index (χ4v) is 3.14.